The van der Waals surface area contributed by atoms with E-state index in [1.54, 1.807) is 24.3 Å². The quantitative estimate of drug-likeness (QED) is 0.808. The molecule has 2 N–H and O–H groups in total. The van der Waals surface area contributed by atoms with Crippen LogP contribution in [-0.2, 0) is 6.42 Å². The molecular formula is C15H14O3. The molecule has 0 aliphatic carbocycles. The van der Waals surface area contributed by atoms with Crippen LogP contribution in [0, 0.1) is 0 Å². The van der Waals surface area contributed by atoms with Gasteiger partial charge in [-0.1, -0.05) is 18.2 Å². The number of phenolic OH excluding ortho intramolecular Hbond substituents is 2. The Balaban J connectivity index is 1.86. The van der Waals surface area contributed by atoms with E-state index in [1.165, 1.54) is 0 Å². The number of benzene rings is 2. The van der Waals surface area contributed by atoms with E-state index < -0.39 is 0 Å². The van der Waals surface area contributed by atoms with Gasteiger partial charge in [0.15, 0.2) is 0 Å². The first-order chi connectivity index (χ1) is 8.72. The predicted octanol–water partition coefficient (Wildman–Crippen LogP) is 2.82. The van der Waals surface area contributed by atoms with Crippen molar-refractivity contribution >= 4 is 0 Å². The van der Waals surface area contributed by atoms with Gasteiger partial charge in [-0.3, -0.25) is 0 Å². The summed E-state index contributed by atoms with van der Waals surface area (Å²) in [5.41, 5.74) is 2.27. The minimum absolute atomic E-state index is 0.233. The van der Waals surface area contributed by atoms with Gasteiger partial charge in [0.1, 0.15) is 17.2 Å². The van der Waals surface area contributed by atoms with Gasteiger partial charge in [-0.15, -0.1) is 0 Å². The van der Waals surface area contributed by atoms with Crippen LogP contribution < -0.4 is 4.74 Å². The van der Waals surface area contributed by atoms with Gasteiger partial charge < -0.3 is 14.9 Å². The van der Waals surface area contributed by atoms with Crippen LogP contribution in [0.5, 0.6) is 17.2 Å². The summed E-state index contributed by atoms with van der Waals surface area (Å²) in [6.07, 6.45) is 0.889. The highest BCUT2D eigenvalue weighted by molar-refractivity contribution is 5.43. The molecule has 0 bridgehead atoms. The van der Waals surface area contributed by atoms with Gasteiger partial charge >= 0.3 is 0 Å². The zero-order valence-corrected chi connectivity index (χ0v) is 9.84. The Morgan fingerprint density at radius 2 is 1.67 bits per heavy atom. The zero-order chi connectivity index (χ0) is 12.5. The van der Waals surface area contributed by atoms with Crippen LogP contribution in [0.25, 0.3) is 0 Å². The minimum atomic E-state index is 0.233. The molecule has 1 heterocycles. The third kappa shape index (κ3) is 1.99. The molecule has 2 aromatic rings. The highest BCUT2D eigenvalue weighted by atomic mass is 16.5. The maximum absolute atomic E-state index is 9.39. The maximum atomic E-state index is 9.39. The first-order valence-corrected chi connectivity index (χ1v) is 5.96. The molecule has 0 unspecified atom stereocenters. The van der Waals surface area contributed by atoms with E-state index in [0.717, 1.165) is 23.3 Å². The Labute approximate surface area is 105 Å². The van der Waals surface area contributed by atoms with Crippen LogP contribution in [0.2, 0.25) is 0 Å². The van der Waals surface area contributed by atoms with Crippen molar-refractivity contribution in [3.63, 3.8) is 0 Å². The first kappa shape index (κ1) is 11.0. The van der Waals surface area contributed by atoms with Crippen LogP contribution in [0.4, 0.5) is 0 Å². The van der Waals surface area contributed by atoms with E-state index in [-0.39, 0.29) is 11.5 Å². The lowest BCUT2D eigenvalue weighted by atomic mass is 9.90. The third-order valence-corrected chi connectivity index (χ3v) is 3.32. The summed E-state index contributed by atoms with van der Waals surface area (Å²) in [5.74, 6) is 1.57. The molecule has 0 saturated heterocycles. The van der Waals surface area contributed by atoms with Gasteiger partial charge in [0.25, 0.3) is 0 Å². The summed E-state index contributed by atoms with van der Waals surface area (Å²) in [7, 11) is 0. The Kier molecular flexibility index (Phi) is 2.59. The van der Waals surface area contributed by atoms with E-state index in [0.29, 0.717) is 12.5 Å². The van der Waals surface area contributed by atoms with Crippen molar-refractivity contribution in [2.24, 2.45) is 0 Å². The molecule has 3 nitrogen and oxygen atoms in total. The fourth-order valence-corrected chi connectivity index (χ4v) is 2.32. The van der Waals surface area contributed by atoms with Crippen LogP contribution in [0.3, 0.4) is 0 Å². The lowest BCUT2D eigenvalue weighted by molar-refractivity contribution is 0.261. The van der Waals surface area contributed by atoms with E-state index in [2.05, 4.69) is 0 Å². The van der Waals surface area contributed by atoms with E-state index in [4.69, 9.17) is 4.74 Å². The van der Waals surface area contributed by atoms with Crippen LogP contribution in [0.1, 0.15) is 17.0 Å². The van der Waals surface area contributed by atoms with Crippen molar-refractivity contribution in [3.8, 4) is 17.2 Å². The minimum Gasteiger partial charge on any atom is -0.508 e. The second kappa shape index (κ2) is 4.26. The van der Waals surface area contributed by atoms with Crippen molar-refractivity contribution in [2.45, 2.75) is 12.3 Å². The largest absolute Gasteiger partial charge is 0.508 e. The summed E-state index contributed by atoms with van der Waals surface area (Å²) in [6, 6.07) is 12.5. The number of ether oxygens (including phenoxy) is 1. The normalized spacial score (nSPS) is 17.9. The second-order valence-electron chi connectivity index (χ2n) is 4.60. The average molecular weight is 242 g/mol. The fourth-order valence-electron chi connectivity index (χ4n) is 2.32. The summed E-state index contributed by atoms with van der Waals surface area (Å²) >= 11 is 0. The highest BCUT2D eigenvalue weighted by Crippen LogP contribution is 2.34. The lowest BCUT2D eigenvalue weighted by Gasteiger charge is -2.25. The molecule has 3 rings (SSSR count). The van der Waals surface area contributed by atoms with Gasteiger partial charge in [-0.05, 0) is 35.7 Å². The molecule has 3 heteroatoms. The molecule has 0 radical (unpaired) electrons. The molecule has 0 fully saturated rings. The van der Waals surface area contributed by atoms with E-state index >= 15 is 0 Å². The number of hydrogen-bond acceptors (Lipinski definition) is 3. The number of rotatable bonds is 1. The molecule has 2 aromatic carbocycles. The zero-order valence-electron chi connectivity index (χ0n) is 9.84. The van der Waals surface area contributed by atoms with Crippen LogP contribution >= 0.6 is 0 Å². The predicted molar refractivity (Wildman–Crippen MR) is 68.2 cm³/mol. The fraction of sp³-hybridized carbons (Fsp3) is 0.200. The lowest BCUT2D eigenvalue weighted by Crippen LogP contribution is -2.18. The molecule has 1 atom stereocenters. The molecule has 92 valence electrons. The average Bonchev–Trinajstić information content (AvgIpc) is 2.39. The molecule has 1 aliphatic rings. The molecule has 0 saturated carbocycles. The van der Waals surface area contributed by atoms with Gasteiger partial charge in [0.05, 0.1) is 6.61 Å². The Morgan fingerprint density at radius 3 is 2.44 bits per heavy atom. The van der Waals surface area contributed by atoms with Crippen molar-refractivity contribution < 1.29 is 14.9 Å². The van der Waals surface area contributed by atoms with Gasteiger partial charge in [0.2, 0.25) is 0 Å². The number of phenols is 2. The molecule has 1 aliphatic heterocycles. The van der Waals surface area contributed by atoms with Crippen LogP contribution in [0.15, 0.2) is 42.5 Å². The van der Waals surface area contributed by atoms with Crippen molar-refractivity contribution in [2.75, 3.05) is 6.61 Å². The van der Waals surface area contributed by atoms with Crippen LogP contribution in [-0.4, -0.2) is 16.8 Å². The number of fused-ring (bicyclic) bond motifs is 1. The Bertz CT molecular complexity index is 560. The first-order valence-electron chi connectivity index (χ1n) is 5.96. The molecule has 0 aromatic heterocycles. The van der Waals surface area contributed by atoms with Gasteiger partial charge in [-0.2, -0.15) is 0 Å². The van der Waals surface area contributed by atoms with Crippen molar-refractivity contribution in [1.29, 1.82) is 0 Å². The highest BCUT2D eigenvalue weighted by Gasteiger charge is 2.21. The topological polar surface area (TPSA) is 49.7 Å². The smallest absolute Gasteiger partial charge is 0.126 e. The summed E-state index contributed by atoms with van der Waals surface area (Å²) in [4.78, 5) is 0. The summed E-state index contributed by atoms with van der Waals surface area (Å²) in [5, 5.41) is 18.7. The monoisotopic (exact) mass is 242 g/mol. The SMILES string of the molecule is Oc1ccc([C@@H]2COc3cc(O)ccc3C2)cc1. The summed E-state index contributed by atoms with van der Waals surface area (Å²) in [6.45, 7) is 0.598. The summed E-state index contributed by atoms with van der Waals surface area (Å²) < 4.78 is 5.68. The molecular weight excluding hydrogens is 228 g/mol. The van der Waals surface area contributed by atoms with E-state index in [1.807, 2.05) is 18.2 Å². The Morgan fingerprint density at radius 1 is 0.944 bits per heavy atom. The molecule has 18 heavy (non-hydrogen) atoms. The third-order valence-electron chi connectivity index (χ3n) is 3.32. The Hall–Kier alpha value is -2.16. The van der Waals surface area contributed by atoms with Gasteiger partial charge in [0, 0.05) is 12.0 Å². The standard InChI is InChI=1S/C15H14O3/c16-13-4-1-10(2-5-13)12-7-11-3-6-14(17)8-15(11)18-9-12/h1-6,8,12,16-17H,7,9H2/t12-/m0/s1. The number of aromatic hydroxyl groups is 2. The van der Waals surface area contributed by atoms with E-state index in [9.17, 15) is 10.2 Å². The van der Waals surface area contributed by atoms with Crippen molar-refractivity contribution in [3.05, 3.63) is 53.6 Å². The van der Waals surface area contributed by atoms with Gasteiger partial charge in [-0.25, -0.2) is 0 Å². The van der Waals surface area contributed by atoms with Crippen molar-refractivity contribution in [1.82, 2.24) is 0 Å². The maximum Gasteiger partial charge on any atom is 0.126 e. The molecule has 0 spiro atoms. The number of hydrogen-bond donors (Lipinski definition) is 2. The molecule has 0 amide bonds. The second-order valence-corrected chi connectivity index (χ2v) is 4.60.